The fraction of sp³-hybridized carbons (Fsp3) is 0.294. The zero-order chi connectivity index (χ0) is 18.0. The standard InChI is InChI=1S/C17H21NO4S2/c1-4-13(2)14-8-10-16(11-9-14)24(21,22)18-15-6-5-7-17(12-15)23(3,19)20/h5-13,18H,4H2,1-3H3/t13-/m1/s1. The SMILES string of the molecule is CC[C@@H](C)c1ccc(S(=O)(=O)Nc2cccc(S(C)(=O)=O)c2)cc1. The molecule has 7 heteroatoms. The van der Waals surface area contributed by atoms with Crippen LogP contribution in [0.2, 0.25) is 0 Å². The molecule has 0 heterocycles. The predicted octanol–water partition coefficient (Wildman–Crippen LogP) is 3.40. The van der Waals surface area contributed by atoms with E-state index in [-0.39, 0.29) is 15.5 Å². The molecule has 0 aliphatic heterocycles. The smallest absolute Gasteiger partial charge is 0.261 e. The number of sulfonamides is 1. The highest BCUT2D eigenvalue weighted by Crippen LogP contribution is 2.23. The summed E-state index contributed by atoms with van der Waals surface area (Å²) in [5.74, 6) is 0.362. The van der Waals surface area contributed by atoms with Gasteiger partial charge in [-0.05, 0) is 48.2 Å². The summed E-state index contributed by atoms with van der Waals surface area (Å²) in [5, 5.41) is 0. The van der Waals surface area contributed by atoms with Crippen LogP contribution >= 0.6 is 0 Å². The molecule has 0 spiro atoms. The Morgan fingerprint density at radius 2 is 1.58 bits per heavy atom. The van der Waals surface area contributed by atoms with E-state index >= 15 is 0 Å². The van der Waals surface area contributed by atoms with E-state index in [1.54, 1.807) is 24.3 Å². The fourth-order valence-electron chi connectivity index (χ4n) is 2.22. The minimum atomic E-state index is -3.77. The Morgan fingerprint density at radius 1 is 0.958 bits per heavy atom. The first-order valence-electron chi connectivity index (χ1n) is 7.56. The van der Waals surface area contributed by atoms with Gasteiger partial charge in [-0.3, -0.25) is 4.72 Å². The van der Waals surface area contributed by atoms with Crippen molar-refractivity contribution >= 4 is 25.5 Å². The first-order chi connectivity index (χ1) is 11.1. The van der Waals surface area contributed by atoms with Crippen LogP contribution in [-0.2, 0) is 19.9 Å². The molecule has 2 rings (SSSR count). The number of benzene rings is 2. The summed E-state index contributed by atoms with van der Waals surface area (Å²) in [6, 6.07) is 12.5. The summed E-state index contributed by atoms with van der Waals surface area (Å²) in [5.41, 5.74) is 1.29. The molecule has 24 heavy (non-hydrogen) atoms. The molecule has 0 unspecified atom stereocenters. The molecule has 1 N–H and O–H groups in total. The minimum Gasteiger partial charge on any atom is -0.280 e. The number of rotatable bonds is 6. The summed E-state index contributed by atoms with van der Waals surface area (Å²) in [4.78, 5) is 0.203. The Morgan fingerprint density at radius 3 is 2.12 bits per heavy atom. The number of hydrogen-bond donors (Lipinski definition) is 1. The second-order valence-corrected chi connectivity index (χ2v) is 9.48. The lowest BCUT2D eigenvalue weighted by Gasteiger charge is -2.12. The van der Waals surface area contributed by atoms with Gasteiger partial charge in [0.15, 0.2) is 9.84 Å². The van der Waals surface area contributed by atoms with Gasteiger partial charge in [0.1, 0.15) is 0 Å². The normalized spacial score (nSPS) is 13.5. The van der Waals surface area contributed by atoms with Gasteiger partial charge >= 0.3 is 0 Å². The Balaban J connectivity index is 2.29. The Hall–Kier alpha value is -1.86. The largest absolute Gasteiger partial charge is 0.280 e. The van der Waals surface area contributed by atoms with E-state index in [0.717, 1.165) is 18.2 Å². The van der Waals surface area contributed by atoms with E-state index in [9.17, 15) is 16.8 Å². The fourth-order valence-corrected chi connectivity index (χ4v) is 3.93. The van der Waals surface area contributed by atoms with Crippen molar-refractivity contribution in [3.8, 4) is 0 Å². The molecule has 0 fully saturated rings. The lowest BCUT2D eigenvalue weighted by atomic mass is 9.99. The summed E-state index contributed by atoms with van der Waals surface area (Å²) in [7, 11) is -7.17. The van der Waals surface area contributed by atoms with E-state index in [0.29, 0.717) is 5.92 Å². The molecule has 0 saturated heterocycles. The van der Waals surface area contributed by atoms with Gasteiger partial charge in [0.25, 0.3) is 10.0 Å². The van der Waals surface area contributed by atoms with Crippen LogP contribution < -0.4 is 4.72 Å². The molecule has 0 saturated carbocycles. The molecule has 0 bridgehead atoms. The zero-order valence-electron chi connectivity index (χ0n) is 13.9. The predicted molar refractivity (Wildman–Crippen MR) is 95.5 cm³/mol. The van der Waals surface area contributed by atoms with E-state index < -0.39 is 19.9 Å². The molecule has 0 amide bonds. The van der Waals surface area contributed by atoms with E-state index in [1.807, 2.05) is 0 Å². The summed E-state index contributed by atoms with van der Waals surface area (Å²) in [6.45, 7) is 4.16. The third-order valence-electron chi connectivity index (χ3n) is 3.89. The molecular weight excluding hydrogens is 346 g/mol. The molecule has 2 aromatic carbocycles. The maximum absolute atomic E-state index is 12.5. The van der Waals surface area contributed by atoms with Crippen molar-refractivity contribution in [1.29, 1.82) is 0 Å². The van der Waals surface area contributed by atoms with Gasteiger partial charge in [-0.25, -0.2) is 16.8 Å². The average Bonchev–Trinajstić information content (AvgIpc) is 2.53. The van der Waals surface area contributed by atoms with E-state index in [1.165, 1.54) is 24.3 Å². The van der Waals surface area contributed by atoms with Crippen molar-refractivity contribution in [3.05, 3.63) is 54.1 Å². The van der Waals surface area contributed by atoms with Gasteiger partial charge < -0.3 is 0 Å². The highest BCUT2D eigenvalue weighted by Gasteiger charge is 2.16. The van der Waals surface area contributed by atoms with Crippen molar-refractivity contribution in [2.24, 2.45) is 0 Å². The van der Waals surface area contributed by atoms with Gasteiger partial charge in [0.05, 0.1) is 15.5 Å². The second kappa shape index (κ2) is 6.94. The molecule has 0 aliphatic rings. The highest BCUT2D eigenvalue weighted by molar-refractivity contribution is 7.92. The lowest BCUT2D eigenvalue weighted by Crippen LogP contribution is -2.13. The lowest BCUT2D eigenvalue weighted by molar-refractivity contribution is 0.599. The molecule has 0 aliphatic carbocycles. The molecule has 2 aromatic rings. The van der Waals surface area contributed by atoms with Crippen molar-refractivity contribution in [1.82, 2.24) is 0 Å². The monoisotopic (exact) mass is 367 g/mol. The quantitative estimate of drug-likeness (QED) is 0.848. The maximum Gasteiger partial charge on any atom is 0.261 e. The van der Waals surface area contributed by atoms with E-state index in [4.69, 9.17) is 0 Å². The van der Waals surface area contributed by atoms with Gasteiger partial charge in [-0.1, -0.05) is 32.0 Å². The van der Waals surface area contributed by atoms with Crippen LogP contribution in [-0.4, -0.2) is 23.1 Å². The van der Waals surface area contributed by atoms with Crippen molar-refractivity contribution in [3.63, 3.8) is 0 Å². The van der Waals surface area contributed by atoms with Crippen molar-refractivity contribution < 1.29 is 16.8 Å². The van der Waals surface area contributed by atoms with Crippen LogP contribution in [0.15, 0.2) is 58.3 Å². The van der Waals surface area contributed by atoms with Gasteiger partial charge in [0, 0.05) is 6.26 Å². The van der Waals surface area contributed by atoms with E-state index in [2.05, 4.69) is 18.6 Å². The number of sulfone groups is 1. The van der Waals surface area contributed by atoms with Crippen LogP contribution in [0.3, 0.4) is 0 Å². The third kappa shape index (κ3) is 4.36. The second-order valence-electron chi connectivity index (χ2n) is 5.78. The van der Waals surface area contributed by atoms with Gasteiger partial charge in [-0.2, -0.15) is 0 Å². The Kier molecular flexibility index (Phi) is 5.35. The van der Waals surface area contributed by atoms with Gasteiger partial charge in [0.2, 0.25) is 0 Å². The summed E-state index contributed by atoms with van der Waals surface area (Å²) in [6.07, 6.45) is 2.05. The zero-order valence-corrected chi connectivity index (χ0v) is 15.5. The molecule has 1 atom stereocenters. The van der Waals surface area contributed by atoms with Crippen molar-refractivity contribution in [2.45, 2.75) is 36.0 Å². The number of nitrogens with one attached hydrogen (secondary N) is 1. The first-order valence-corrected chi connectivity index (χ1v) is 10.9. The Bertz CT molecular complexity index is 917. The maximum atomic E-state index is 12.5. The number of hydrogen-bond acceptors (Lipinski definition) is 4. The Labute approximate surface area is 143 Å². The first kappa shape index (κ1) is 18.5. The van der Waals surface area contributed by atoms with Crippen molar-refractivity contribution in [2.75, 3.05) is 11.0 Å². The van der Waals surface area contributed by atoms with Gasteiger partial charge in [-0.15, -0.1) is 0 Å². The topological polar surface area (TPSA) is 80.3 Å². The van der Waals surface area contributed by atoms with Crippen LogP contribution in [0.25, 0.3) is 0 Å². The average molecular weight is 367 g/mol. The van der Waals surface area contributed by atoms with Crippen LogP contribution in [0, 0.1) is 0 Å². The van der Waals surface area contributed by atoms with Crippen LogP contribution in [0.5, 0.6) is 0 Å². The van der Waals surface area contributed by atoms with Crippen LogP contribution in [0.1, 0.15) is 31.7 Å². The molecule has 130 valence electrons. The number of anilines is 1. The van der Waals surface area contributed by atoms with Crippen LogP contribution in [0.4, 0.5) is 5.69 Å². The third-order valence-corrected chi connectivity index (χ3v) is 6.39. The summed E-state index contributed by atoms with van der Waals surface area (Å²) >= 11 is 0. The highest BCUT2D eigenvalue weighted by atomic mass is 32.2. The molecule has 5 nitrogen and oxygen atoms in total. The molecule has 0 aromatic heterocycles. The summed E-state index contributed by atoms with van der Waals surface area (Å²) < 4.78 is 50.5. The minimum absolute atomic E-state index is 0.0646. The molecular formula is C17H21NO4S2. The molecule has 0 radical (unpaired) electrons.